The highest BCUT2D eigenvalue weighted by Gasteiger charge is 2.20. The van der Waals surface area contributed by atoms with Gasteiger partial charge in [-0.1, -0.05) is 41.9 Å². The molecule has 0 atom stereocenters. The van der Waals surface area contributed by atoms with Crippen molar-refractivity contribution in [2.45, 2.75) is 38.4 Å². The third-order valence-corrected chi connectivity index (χ3v) is 5.59. The highest BCUT2D eigenvalue weighted by atomic mass is 35.5. The van der Waals surface area contributed by atoms with E-state index in [1.54, 1.807) is 24.3 Å². The highest BCUT2D eigenvalue weighted by Crippen LogP contribution is 2.19. The molecule has 1 amide bonds. The molecule has 5 nitrogen and oxygen atoms in total. The molecule has 29 heavy (non-hydrogen) atoms. The summed E-state index contributed by atoms with van der Waals surface area (Å²) in [7, 11) is 0. The van der Waals surface area contributed by atoms with Gasteiger partial charge in [0, 0.05) is 30.3 Å². The first-order chi connectivity index (χ1) is 14.1. The quantitative estimate of drug-likeness (QED) is 0.564. The Balaban J connectivity index is 1.33. The first-order valence-corrected chi connectivity index (χ1v) is 10.6. The van der Waals surface area contributed by atoms with Gasteiger partial charge in [-0.25, -0.2) is 4.79 Å². The van der Waals surface area contributed by atoms with E-state index in [-0.39, 0.29) is 0 Å². The van der Waals surface area contributed by atoms with Crippen LogP contribution in [0.5, 0.6) is 0 Å². The fourth-order valence-electron chi connectivity index (χ4n) is 3.65. The number of hydrogen-bond acceptors (Lipinski definition) is 3. The van der Waals surface area contributed by atoms with E-state index in [1.807, 2.05) is 18.2 Å². The van der Waals surface area contributed by atoms with Crippen molar-refractivity contribution in [1.29, 1.82) is 0 Å². The molecule has 0 aliphatic carbocycles. The summed E-state index contributed by atoms with van der Waals surface area (Å²) in [6.07, 6.45) is 3.33. The van der Waals surface area contributed by atoms with Gasteiger partial charge < -0.3 is 14.7 Å². The van der Waals surface area contributed by atoms with Gasteiger partial charge in [-0.2, -0.15) is 0 Å². The van der Waals surface area contributed by atoms with Gasteiger partial charge in [0.25, 0.3) is 0 Å². The Morgan fingerprint density at radius 3 is 2.41 bits per heavy atom. The monoisotopic (exact) mass is 416 g/mol. The summed E-state index contributed by atoms with van der Waals surface area (Å²) in [6.45, 7) is 4.26. The number of unbranched alkanes of at least 4 members (excludes halogenated alkanes) is 1. The molecule has 1 aliphatic heterocycles. The second-order valence-electron chi connectivity index (χ2n) is 7.46. The Bertz CT molecular complexity index is 746. The zero-order valence-corrected chi connectivity index (χ0v) is 17.4. The summed E-state index contributed by atoms with van der Waals surface area (Å²) in [4.78, 5) is 15.4. The number of benzene rings is 2. The van der Waals surface area contributed by atoms with Gasteiger partial charge in [0.15, 0.2) is 0 Å². The molecule has 2 aromatic carbocycles. The number of hydrogen-bond donors (Lipinski definition) is 1. The molecule has 6 heteroatoms. The van der Waals surface area contributed by atoms with Gasteiger partial charge >= 0.3 is 6.09 Å². The van der Waals surface area contributed by atoms with Crippen molar-refractivity contribution < 1.29 is 14.6 Å². The smallest absolute Gasteiger partial charge is 0.411 e. The van der Waals surface area contributed by atoms with E-state index in [4.69, 9.17) is 16.3 Å². The zero-order valence-electron chi connectivity index (χ0n) is 16.7. The lowest BCUT2D eigenvalue weighted by Crippen LogP contribution is -2.38. The molecule has 0 spiro atoms. The minimum Gasteiger partial charge on any atom is -0.465 e. The van der Waals surface area contributed by atoms with Crippen LogP contribution in [-0.4, -0.2) is 48.4 Å². The molecule has 1 saturated heterocycles. The molecule has 0 aromatic heterocycles. The first kappa shape index (κ1) is 21.6. The fraction of sp³-hybridized carbons (Fsp3) is 0.435. The van der Waals surface area contributed by atoms with E-state index in [0.29, 0.717) is 30.0 Å². The minimum atomic E-state index is -0.927. The minimum absolute atomic E-state index is 0.332. The fourth-order valence-corrected chi connectivity index (χ4v) is 3.78. The number of ether oxygens (including phenoxy) is 1. The van der Waals surface area contributed by atoms with Gasteiger partial charge in [0.05, 0.1) is 12.7 Å². The Hall–Kier alpha value is -2.08. The molecular formula is C23H29ClN2O3. The highest BCUT2D eigenvalue weighted by molar-refractivity contribution is 6.30. The maximum absolute atomic E-state index is 11.5. The number of rotatable bonds is 9. The van der Waals surface area contributed by atoms with Crippen molar-refractivity contribution in [3.8, 4) is 0 Å². The standard InChI is InChI=1S/C23H29ClN2O3/c24-20-8-10-21(11-9-20)26(23(27)28)15-5-4-14-25-16-12-22(13-17-25)29-18-19-6-2-1-3-7-19/h1-3,6-11,22H,4-5,12-18H2,(H,27,28). The van der Waals surface area contributed by atoms with Crippen molar-refractivity contribution in [3.63, 3.8) is 0 Å². The van der Waals surface area contributed by atoms with Crippen molar-refractivity contribution in [2.75, 3.05) is 31.1 Å². The lowest BCUT2D eigenvalue weighted by molar-refractivity contribution is -0.00261. The molecule has 0 unspecified atom stereocenters. The molecule has 3 rings (SSSR count). The normalized spacial score (nSPS) is 15.3. The average Bonchev–Trinajstić information content (AvgIpc) is 2.74. The topological polar surface area (TPSA) is 53.0 Å². The van der Waals surface area contributed by atoms with Crippen molar-refractivity contribution in [1.82, 2.24) is 4.90 Å². The SMILES string of the molecule is O=C(O)N(CCCCN1CCC(OCc2ccccc2)CC1)c1ccc(Cl)cc1. The second-order valence-corrected chi connectivity index (χ2v) is 7.89. The van der Waals surface area contributed by atoms with Gasteiger partial charge in [-0.15, -0.1) is 0 Å². The van der Waals surface area contributed by atoms with E-state index in [0.717, 1.165) is 45.3 Å². The summed E-state index contributed by atoms with van der Waals surface area (Å²) in [5, 5.41) is 10.1. The van der Waals surface area contributed by atoms with E-state index in [1.165, 1.54) is 10.5 Å². The average molecular weight is 417 g/mol. The van der Waals surface area contributed by atoms with Crippen LogP contribution in [0.1, 0.15) is 31.2 Å². The summed E-state index contributed by atoms with van der Waals surface area (Å²) in [5.41, 5.74) is 1.89. The van der Waals surface area contributed by atoms with E-state index in [2.05, 4.69) is 17.0 Å². The molecule has 2 aromatic rings. The number of carboxylic acid groups (broad SMARTS) is 1. The number of amides is 1. The van der Waals surface area contributed by atoms with Gasteiger partial charge in [-0.3, -0.25) is 4.90 Å². The van der Waals surface area contributed by atoms with Crippen LogP contribution in [0.25, 0.3) is 0 Å². The Labute approximate surface area is 177 Å². The predicted octanol–water partition coefficient (Wildman–Crippen LogP) is 5.29. The van der Waals surface area contributed by atoms with Crippen LogP contribution in [0.4, 0.5) is 10.5 Å². The van der Waals surface area contributed by atoms with Crippen LogP contribution >= 0.6 is 11.6 Å². The Morgan fingerprint density at radius 1 is 1.07 bits per heavy atom. The maximum atomic E-state index is 11.5. The van der Waals surface area contributed by atoms with Gasteiger partial charge in [0.1, 0.15) is 0 Å². The predicted molar refractivity (Wildman–Crippen MR) is 117 cm³/mol. The molecule has 1 N–H and O–H groups in total. The van der Waals surface area contributed by atoms with E-state index < -0.39 is 6.09 Å². The van der Waals surface area contributed by atoms with Crippen molar-refractivity contribution >= 4 is 23.4 Å². The number of nitrogens with zero attached hydrogens (tertiary/aromatic N) is 2. The van der Waals surface area contributed by atoms with E-state index >= 15 is 0 Å². The zero-order chi connectivity index (χ0) is 20.5. The molecule has 0 saturated carbocycles. The first-order valence-electron chi connectivity index (χ1n) is 10.3. The number of carbonyl (C=O) groups is 1. The molecule has 0 radical (unpaired) electrons. The van der Waals surface area contributed by atoms with Crippen LogP contribution in [0.15, 0.2) is 54.6 Å². The molecule has 156 valence electrons. The Kier molecular flexibility index (Phi) is 8.35. The lowest BCUT2D eigenvalue weighted by atomic mass is 10.1. The summed E-state index contributed by atoms with van der Waals surface area (Å²) in [5.74, 6) is 0. The van der Waals surface area contributed by atoms with Crippen LogP contribution < -0.4 is 4.90 Å². The largest absolute Gasteiger partial charge is 0.465 e. The molecule has 0 bridgehead atoms. The summed E-state index contributed by atoms with van der Waals surface area (Å²) in [6, 6.07) is 17.2. The van der Waals surface area contributed by atoms with Crippen LogP contribution in [0.2, 0.25) is 5.02 Å². The lowest BCUT2D eigenvalue weighted by Gasteiger charge is -2.32. The molecule has 1 aliphatic rings. The van der Waals surface area contributed by atoms with Crippen molar-refractivity contribution in [3.05, 3.63) is 65.2 Å². The van der Waals surface area contributed by atoms with Crippen LogP contribution in [0, 0.1) is 0 Å². The third kappa shape index (κ3) is 7.03. The second kappa shape index (κ2) is 11.2. The molecule has 1 fully saturated rings. The summed E-state index contributed by atoms with van der Waals surface area (Å²) >= 11 is 5.89. The van der Waals surface area contributed by atoms with Crippen LogP contribution in [-0.2, 0) is 11.3 Å². The Morgan fingerprint density at radius 2 is 1.76 bits per heavy atom. The van der Waals surface area contributed by atoms with Gasteiger partial charge in [-0.05, 0) is 62.1 Å². The number of piperidine rings is 1. The maximum Gasteiger partial charge on any atom is 0.411 e. The van der Waals surface area contributed by atoms with Gasteiger partial charge in [0.2, 0.25) is 0 Å². The number of halogens is 1. The summed E-state index contributed by atoms with van der Waals surface area (Å²) < 4.78 is 6.05. The molecule has 1 heterocycles. The van der Waals surface area contributed by atoms with E-state index in [9.17, 15) is 9.90 Å². The molecular weight excluding hydrogens is 388 g/mol. The number of anilines is 1. The van der Waals surface area contributed by atoms with Crippen molar-refractivity contribution in [2.24, 2.45) is 0 Å². The third-order valence-electron chi connectivity index (χ3n) is 5.34. The van der Waals surface area contributed by atoms with Crippen LogP contribution in [0.3, 0.4) is 0 Å². The number of likely N-dealkylation sites (tertiary alicyclic amines) is 1.